The average Bonchev–Trinajstić information content (AvgIpc) is 3.27. The molecule has 3 aromatic rings. The highest BCUT2D eigenvalue weighted by molar-refractivity contribution is 5.99. The van der Waals surface area contributed by atoms with Gasteiger partial charge in [0.05, 0.1) is 6.04 Å². The van der Waals surface area contributed by atoms with Gasteiger partial charge in [0.15, 0.2) is 0 Å². The van der Waals surface area contributed by atoms with Crippen LogP contribution in [0, 0.1) is 0 Å². The summed E-state index contributed by atoms with van der Waals surface area (Å²) in [5, 5.41) is 3.37. The molecule has 27 heavy (non-hydrogen) atoms. The summed E-state index contributed by atoms with van der Waals surface area (Å²) in [5.41, 5.74) is 2.56. The summed E-state index contributed by atoms with van der Waals surface area (Å²) in [7, 11) is 0. The van der Waals surface area contributed by atoms with E-state index in [-0.39, 0.29) is 17.8 Å². The van der Waals surface area contributed by atoms with Gasteiger partial charge in [0.25, 0.3) is 5.91 Å². The Kier molecular flexibility index (Phi) is 3.98. The summed E-state index contributed by atoms with van der Waals surface area (Å²) < 4.78 is 42.2. The number of carbonyl (C=O) groups is 1. The van der Waals surface area contributed by atoms with Crippen LogP contribution in [0.5, 0.6) is 0 Å². The van der Waals surface area contributed by atoms with Crippen LogP contribution in [0.4, 0.5) is 13.2 Å². The Balaban J connectivity index is 1.63. The van der Waals surface area contributed by atoms with Gasteiger partial charge in [-0.15, -0.1) is 0 Å². The summed E-state index contributed by atoms with van der Waals surface area (Å²) in [4.78, 5) is 17.9. The van der Waals surface area contributed by atoms with Gasteiger partial charge in [-0.05, 0) is 24.1 Å². The molecule has 0 unspecified atom stereocenters. The molecule has 0 radical (unpaired) electrons. The number of alkyl halides is 3. The Bertz CT molecular complexity index is 999. The van der Waals surface area contributed by atoms with Crippen LogP contribution in [0.1, 0.15) is 40.3 Å². The maximum Gasteiger partial charge on any atom is 0.471 e. The van der Waals surface area contributed by atoms with Crippen molar-refractivity contribution >= 4 is 5.91 Å². The maximum absolute atomic E-state index is 12.8. The van der Waals surface area contributed by atoms with Crippen LogP contribution < -0.4 is 0 Å². The van der Waals surface area contributed by atoms with E-state index in [1.54, 1.807) is 17.0 Å². The van der Waals surface area contributed by atoms with Gasteiger partial charge < -0.3 is 9.42 Å². The molecule has 5 nitrogen and oxygen atoms in total. The lowest BCUT2D eigenvalue weighted by molar-refractivity contribution is -0.159. The minimum Gasteiger partial charge on any atom is -0.329 e. The molecule has 1 atom stereocenters. The molecule has 4 rings (SSSR count). The largest absolute Gasteiger partial charge is 0.471 e. The van der Waals surface area contributed by atoms with Gasteiger partial charge >= 0.3 is 12.1 Å². The van der Waals surface area contributed by atoms with Crippen LogP contribution in [0.15, 0.2) is 53.1 Å². The summed E-state index contributed by atoms with van der Waals surface area (Å²) in [6.07, 6.45) is -4.71. The van der Waals surface area contributed by atoms with Crippen LogP contribution in [0.3, 0.4) is 0 Å². The molecule has 1 aromatic heterocycles. The predicted octanol–water partition coefficient (Wildman–Crippen LogP) is 4.47. The summed E-state index contributed by atoms with van der Waals surface area (Å²) in [5.74, 6) is -1.79. The fourth-order valence-corrected chi connectivity index (χ4v) is 3.14. The van der Waals surface area contributed by atoms with Crippen molar-refractivity contribution in [3.63, 3.8) is 0 Å². The molecule has 0 spiro atoms. The Morgan fingerprint density at radius 2 is 1.89 bits per heavy atom. The molecule has 0 saturated heterocycles. The van der Waals surface area contributed by atoms with Gasteiger partial charge in [0.1, 0.15) is 0 Å². The lowest BCUT2D eigenvalue weighted by Crippen LogP contribution is -2.27. The molecule has 8 heteroatoms. The first-order valence-corrected chi connectivity index (χ1v) is 8.24. The molecular formula is C19H14F3N3O2. The molecule has 0 fully saturated rings. The summed E-state index contributed by atoms with van der Waals surface area (Å²) >= 11 is 0. The molecule has 0 aliphatic carbocycles. The van der Waals surface area contributed by atoms with E-state index < -0.39 is 12.1 Å². The van der Waals surface area contributed by atoms with Crippen molar-refractivity contribution in [2.75, 3.05) is 0 Å². The van der Waals surface area contributed by atoms with E-state index in [1.165, 1.54) is 6.07 Å². The van der Waals surface area contributed by atoms with E-state index in [0.717, 1.165) is 11.1 Å². The van der Waals surface area contributed by atoms with Crippen molar-refractivity contribution in [1.82, 2.24) is 15.0 Å². The zero-order chi connectivity index (χ0) is 19.2. The van der Waals surface area contributed by atoms with Gasteiger partial charge in [-0.25, -0.2) is 0 Å². The van der Waals surface area contributed by atoms with E-state index in [2.05, 4.69) is 14.7 Å². The van der Waals surface area contributed by atoms with Gasteiger partial charge in [-0.3, -0.25) is 4.79 Å². The number of benzene rings is 2. The lowest BCUT2D eigenvalue weighted by Gasteiger charge is -2.24. The first-order chi connectivity index (χ1) is 12.8. The fourth-order valence-electron chi connectivity index (χ4n) is 3.14. The van der Waals surface area contributed by atoms with E-state index in [4.69, 9.17) is 0 Å². The van der Waals surface area contributed by atoms with Crippen molar-refractivity contribution in [2.24, 2.45) is 0 Å². The standard InChI is InChI=1S/C19H14F3N3O2/c1-11(12-5-3-2-4-6-12)25-10-14-8-7-13(9-15(14)17(25)26)16-23-18(27-24-16)19(20,21)22/h2-9,11H,10H2,1H3/t11-/m1/s1. The van der Waals surface area contributed by atoms with Crippen LogP contribution in [-0.2, 0) is 12.7 Å². The maximum atomic E-state index is 12.8. The quantitative estimate of drug-likeness (QED) is 0.680. The van der Waals surface area contributed by atoms with Crippen LogP contribution in [-0.4, -0.2) is 20.9 Å². The summed E-state index contributed by atoms with van der Waals surface area (Å²) in [6.45, 7) is 2.37. The van der Waals surface area contributed by atoms with Gasteiger partial charge in [0, 0.05) is 17.7 Å². The molecule has 1 amide bonds. The van der Waals surface area contributed by atoms with Crippen molar-refractivity contribution in [2.45, 2.75) is 25.7 Å². The first kappa shape index (κ1) is 17.3. The number of hydrogen-bond acceptors (Lipinski definition) is 4. The Labute approximate surface area is 152 Å². The Morgan fingerprint density at radius 1 is 1.15 bits per heavy atom. The zero-order valence-corrected chi connectivity index (χ0v) is 14.2. The minimum absolute atomic E-state index is 0.128. The summed E-state index contributed by atoms with van der Waals surface area (Å²) in [6, 6.07) is 14.3. The number of hydrogen-bond donors (Lipinski definition) is 0. The highest BCUT2D eigenvalue weighted by atomic mass is 19.4. The highest BCUT2D eigenvalue weighted by Crippen LogP contribution is 2.34. The van der Waals surface area contributed by atoms with Gasteiger partial charge in [-0.2, -0.15) is 18.2 Å². The third-order valence-electron chi connectivity index (χ3n) is 4.62. The lowest BCUT2D eigenvalue weighted by atomic mass is 10.1. The third-order valence-corrected chi connectivity index (χ3v) is 4.62. The van der Waals surface area contributed by atoms with Crippen molar-refractivity contribution in [3.05, 3.63) is 71.1 Å². The van der Waals surface area contributed by atoms with Gasteiger partial charge in [-0.1, -0.05) is 47.6 Å². The van der Waals surface area contributed by atoms with E-state index in [9.17, 15) is 18.0 Å². The van der Waals surface area contributed by atoms with Crippen LogP contribution in [0.25, 0.3) is 11.4 Å². The van der Waals surface area contributed by atoms with Gasteiger partial charge in [0.2, 0.25) is 5.82 Å². The first-order valence-electron chi connectivity index (χ1n) is 8.24. The predicted molar refractivity (Wildman–Crippen MR) is 89.5 cm³/mol. The fraction of sp³-hybridized carbons (Fsp3) is 0.211. The Morgan fingerprint density at radius 3 is 2.56 bits per heavy atom. The second-order valence-electron chi connectivity index (χ2n) is 6.31. The number of halogens is 3. The smallest absolute Gasteiger partial charge is 0.329 e. The third kappa shape index (κ3) is 3.07. The van der Waals surface area contributed by atoms with E-state index in [0.29, 0.717) is 17.7 Å². The zero-order valence-electron chi connectivity index (χ0n) is 14.2. The van der Waals surface area contributed by atoms with Crippen LogP contribution >= 0.6 is 0 Å². The van der Waals surface area contributed by atoms with Crippen molar-refractivity contribution < 1.29 is 22.5 Å². The number of carbonyl (C=O) groups excluding carboxylic acids is 1. The minimum atomic E-state index is -4.71. The van der Waals surface area contributed by atoms with E-state index >= 15 is 0 Å². The number of rotatable bonds is 3. The molecule has 2 aromatic carbocycles. The van der Waals surface area contributed by atoms with Crippen molar-refractivity contribution in [1.29, 1.82) is 0 Å². The number of nitrogens with zero attached hydrogens (tertiary/aromatic N) is 3. The molecule has 2 heterocycles. The molecule has 0 bridgehead atoms. The monoisotopic (exact) mass is 373 g/mol. The second kappa shape index (κ2) is 6.22. The average molecular weight is 373 g/mol. The second-order valence-corrected chi connectivity index (χ2v) is 6.31. The Hall–Kier alpha value is -3.16. The number of amides is 1. The molecule has 1 aliphatic rings. The highest BCUT2D eigenvalue weighted by Gasteiger charge is 2.39. The molecule has 138 valence electrons. The number of fused-ring (bicyclic) bond motifs is 1. The number of aromatic nitrogens is 2. The van der Waals surface area contributed by atoms with Crippen molar-refractivity contribution in [3.8, 4) is 11.4 Å². The van der Waals surface area contributed by atoms with E-state index in [1.807, 2.05) is 37.3 Å². The SMILES string of the molecule is C[C@H](c1ccccc1)N1Cc2ccc(-c3noc(C(F)(F)F)n3)cc2C1=O. The van der Waals surface area contributed by atoms with Crippen LogP contribution in [0.2, 0.25) is 0 Å². The molecular weight excluding hydrogens is 359 g/mol. The topological polar surface area (TPSA) is 59.2 Å². The molecule has 0 N–H and O–H groups in total. The normalized spacial score (nSPS) is 15.1. The molecule has 1 aliphatic heterocycles. The molecule has 0 saturated carbocycles.